The third kappa shape index (κ3) is 4.86. The summed E-state index contributed by atoms with van der Waals surface area (Å²) < 4.78 is 30.5. The Morgan fingerprint density at radius 1 is 1.24 bits per heavy atom. The molecule has 1 aliphatic rings. The molecule has 140 valence electrons. The highest BCUT2D eigenvalue weighted by Gasteiger charge is 2.28. The minimum Gasteiger partial charge on any atom is -0.384 e. The maximum atomic E-state index is 12.5. The molecule has 1 aromatic heterocycles. The van der Waals surface area contributed by atoms with Gasteiger partial charge in [0.25, 0.3) is 5.56 Å². The number of carbonyl (C=O) groups excluding carboxylic acids is 1. The van der Waals surface area contributed by atoms with Crippen molar-refractivity contribution in [2.75, 3.05) is 45.6 Å². The second-order valence-corrected chi connectivity index (χ2v) is 8.08. The Morgan fingerprint density at radius 2 is 1.88 bits per heavy atom. The number of nitrogens with one attached hydrogen (secondary N) is 1. The number of amides is 1. The summed E-state index contributed by atoms with van der Waals surface area (Å²) in [4.78, 5) is 32.7. The van der Waals surface area contributed by atoms with Crippen LogP contribution >= 0.6 is 0 Å². The second kappa shape index (κ2) is 8.07. The number of piperazine rings is 1. The molecule has 1 amide bonds. The summed E-state index contributed by atoms with van der Waals surface area (Å²) in [5.74, 6) is 0.245. The van der Waals surface area contributed by atoms with E-state index in [-0.39, 0.29) is 43.3 Å². The molecule has 0 spiro atoms. The standard InChI is InChI=1S/C15H24N4O5S/c1-11-13(16-12(2)17-15(11)21)10-14(20)18-4-6-19(7-5-18)25(22,23)9-8-24-3/h4-10H2,1-3H3,(H,16,17,21). The Kier molecular flexibility index (Phi) is 6.31. The first-order valence-corrected chi connectivity index (χ1v) is 9.66. The van der Waals surface area contributed by atoms with Gasteiger partial charge in [-0.15, -0.1) is 0 Å². The van der Waals surface area contributed by atoms with Gasteiger partial charge in [0, 0.05) is 38.9 Å². The first-order chi connectivity index (χ1) is 11.7. The fourth-order valence-corrected chi connectivity index (χ4v) is 4.02. The average molecular weight is 372 g/mol. The van der Waals surface area contributed by atoms with E-state index < -0.39 is 10.0 Å². The van der Waals surface area contributed by atoms with E-state index in [1.54, 1.807) is 18.7 Å². The lowest BCUT2D eigenvalue weighted by atomic mass is 10.1. The third-order valence-corrected chi connectivity index (χ3v) is 6.05. The highest BCUT2D eigenvalue weighted by molar-refractivity contribution is 7.89. The number of nitrogens with zero attached hydrogens (tertiary/aromatic N) is 3. The number of aromatic nitrogens is 2. The van der Waals surface area contributed by atoms with E-state index in [9.17, 15) is 18.0 Å². The van der Waals surface area contributed by atoms with Crippen molar-refractivity contribution in [1.29, 1.82) is 0 Å². The van der Waals surface area contributed by atoms with E-state index in [1.807, 2.05) is 0 Å². The summed E-state index contributed by atoms with van der Waals surface area (Å²) in [5, 5.41) is 0. The van der Waals surface area contributed by atoms with Crippen LogP contribution in [0.1, 0.15) is 17.1 Å². The minimum absolute atomic E-state index is 0.0347. The zero-order valence-corrected chi connectivity index (χ0v) is 15.6. The molecule has 1 aliphatic heterocycles. The van der Waals surface area contributed by atoms with E-state index in [1.165, 1.54) is 11.4 Å². The summed E-state index contributed by atoms with van der Waals surface area (Å²) in [6, 6.07) is 0. The number of sulfonamides is 1. The molecule has 1 aromatic rings. The summed E-state index contributed by atoms with van der Waals surface area (Å²) in [7, 11) is -1.90. The molecular formula is C15H24N4O5S. The fourth-order valence-electron chi connectivity index (χ4n) is 2.66. The van der Waals surface area contributed by atoms with E-state index in [4.69, 9.17) is 4.74 Å². The second-order valence-electron chi connectivity index (χ2n) is 5.99. The largest absolute Gasteiger partial charge is 0.384 e. The lowest BCUT2D eigenvalue weighted by Crippen LogP contribution is -2.51. The molecule has 0 aliphatic carbocycles. The summed E-state index contributed by atoms with van der Waals surface area (Å²) in [6.45, 7) is 4.62. The first-order valence-electron chi connectivity index (χ1n) is 8.05. The molecule has 0 bridgehead atoms. The molecule has 0 unspecified atom stereocenters. The molecule has 25 heavy (non-hydrogen) atoms. The van der Waals surface area contributed by atoms with Crippen molar-refractivity contribution in [3.63, 3.8) is 0 Å². The Balaban J connectivity index is 1.97. The zero-order valence-electron chi connectivity index (χ0n) is 14.7. The highest BCUT2D eigenvalue weighted by Crippen LogP contribution is 2.10. The van der Waals surface area contributed by atoms with Gasteiger partial charge in [0.15, 0.2) is 0 Å². The monoisotopic (exact) mass is 372 g/mol. The van der Waals surface area contributed by atoms with Crippen molar-refractivity contribution in [2.24, 2.45) is 0 Å². The van der Waals surface area contributed by atoms with E-state index in [0.717, 1.165) is 0 Å². The van der Waals surface area contributed by atoms with Gasteiger partial charge < -0.3 is 14.6 Å². The minimum atomic E-state index is -3.36. The van der Waals surface area contributed by atoms with Gasteiger partial charge >= 0.3 is 0 Å². The Morgan fingerprint density at radius 3 is 2.48 bits per heavy atom. The van der Waals surface area contributed by atoms with Gasteiger partial charge in [-0.2, -0.15) is 4.31 Å². The predicted molar refractivity (Wildman–Crippen MR) is 91.9 cm³/mol. The van der Waals surface area contributed by atoms with Gasteiger partial charge in [-0.3, -0.25) is 9.59 Å². The van der Waals surface area contributed by atoms with Gasteiger partial charge in [0.05, 0.1) is 24.5 Å². The van der Waals surface area contributed by atoms with Gasteiger partial charge in [-0.05, 0) is 13.8 Å². The van der Waals surface area contributed by atoms with Crippen molar-refractivity contribution >= 4 is 15.9 Å². The Bertz CT molecular complexity index is 782. The number of methoxy groups -OCH3 is 1. The van der Waals surface area contributed by atoms with E-state index >= 15 is 0 Å². The van der Waals surface area contributed by atoms with Crippen LogP contribution in [0.3, 0.4) is 0 Å². The number of hydrogen-bond donors (Lipinski definition) is 1. The Hall–Kier alpha value is -1.78. The van der Waals surface area contributed by atoms with Crippen LogP contribution in [-0.4, -0.2) is 79.1 Å². The number of aromatic amines is 1. The highest BCUT2D eigenvalue weighted by atomic mass is 32.2. The lowest BCUT2D eigenvalue weighted by Gasteiger charge is -2.34. The average Bonchev–Trinajstić information content (AvgIpc) is 2.57. The van der Waals surface area contributed by atoms with Crippen molar-refractivity contribution in [3.8, 4) is 0 Å². The maximum Gasteiger partial charge on any atom is 0.254 e. The van der Waals surface area contributed by atoms with Crippen LogP contribution in [0, 0.1) is 13.8 Å². The van der Waals surface area contributed by atoms with Crippen LogP contribution in [0.2, 0.25) is 0 Å². The predicted octanol–water partition coefficient (Wildman–Crippen LogP) is -0.950. The summed E-state index contributed by atoms with van der Waals surface area (Å²) >= 11 is 0. The Labute approximate surface area is 147 Å². The van der Waals surface area contributed by atoms with Crippen LogP contribution in [0.5, 0.6) is 0 Å². The third-order valence-electron chi connectivity index (χ3n) is 4.22. The van der Waals surface area contributed by atoms with Crippen LogP contribution in [0.4, 0.5) is 0 Å². The molecule has 0 radical (unpaired) electrons. The van der Waals surface area contributed by atoms with Crippen molar-refractivity contribution in [1.82, 2.24) is 19.2 Å². The molecule has 9 nitrogen and oxygen atoms in total. The van der Waals surface area contributed by atoms with Crippen LogP contribution < -0.4 is 5.56 Å². The van der Waals surface area contributed by atoms with Crippen LogP contribution in [0.25, 0.3) is 0 Å². The maximum absolute atomic E-state index is 12.5. The number of ether oxygens (including phenoxy) is 1. The van der Waals surface area contributed by atoms with Gasteiger partial charge in [0.1, 0.15) is 5.82 Å². The van der Waals surface area contributed by atoms with Gasteiger partial charge in [-0.1, -0.05) is 0 Å². The van der Waals surface area contributed by atoms with Gasteiger partial charge in [0.2, 0.25) is 15.9 Å². The quantitative estimate of drug-likeness (QED) is 0.689. The fraction of sp³-hybridized carbons (Fsp3) is 0.667. The number of aryl methyl sites for hydroxylation is 1. The SMILES string of the molecule is COCCS(=O)(=O)N1CCN(C(=O)Cc2nc(C)[nH]c(=O)c2C)CC1. The molecule has 0 saturated carbocycles. The molecule has 1 fully saturated rings. The smallest absolute Gasteiger partial charge is 0.254 e. The molecule has 1 saturated heterocycles. The summed E-state index contributed by atoms with van der Waals surface area (Å²) in [5.41, 5.74) is 0.644. The first kappa shape index (κ1) is 19.5. The molecule has 0 aromatic carbocycles. The zero-order chi connectivity index (χ0) is 18.6. The van der Waals surface area contributed by atoms with E-state index in [0.29, 0.717) is 30.2 Å². The summed E-state index contributed by atoms with van der Waals surface area (Å²) in [6.07, 6.45) is 0.0347. The number of carbonyl (C=O) groups is 1. The number of hydrogen-bond acceptors (Lipinski definition) is 6. The molecule has 0 atom stereocenters. The van der Waals surface area contributed by atoms with E-state index in [2.05, 4.69) is 9.97 Å². The molecule has 1 N–H and O–H groups in total. The molecular weight excluding hydrogens is 348 g/mol. The van der Waals surface area contributed by atoms with Gasteiger partial charge in [-0.25, -0.2) is 13.4 Å². The molecule has 2 heterocycles. The molecule has 10 heteroatoms. The van der Waals surface area contributed by atoms with Crippen LogP contribution in [-0.2, 0) is 26.0 Å². The topological polar surface area (TPSA) is 113 Å². The van der Waals surface area contributed by atoms with Crippen molar-refractivity contribution in [2.45, 2.75) is 20.3 Å². The van der Waals surface area contributed by atoms with Crippen LogP contribution in [0.15, 0.2) is 4.79 Å². The lowest BCUT2D eigenvalue weighted by molar-refractivity contribution is -0.131. The number of rotatable bonds is 6. The molecule has 2 rings (SSSR count). The number of H-pyrrole nitrogens is 1. The van der Waals surface area contributed by atoms with Crippen molar-refractivity contribution in [3.05, 3.63) is 27.4 Å². The normalized spacial score (nSPS) is 16.2. The van der Waals surface area contributed by atoms with Crippen molar-refractivity contribution < 1.29 is 17.9 Å².